The number of nitrogens with one attached hydrogen (secondary N) is 2. The van der Waals surface area contributed by atoms with Crippen molar-refractivity contribution in [1.29, 1.82) is 0 Å². The number of aromatic hydroxyl groups is 1. The lowest BCUT2D eigenvalue weighted by molar-refractivity contribution is -0.157. The zero-order valence-corrected chi connectivity index (χ0v) is 26.4. The smallest absolute Gasteiger partial charge is 0.240 e. The molecule has 3 aliphatic carbocycles. The van der Waals surface area contributed by atoms with Gasteiger partial charge in [0.05, 0.1) is 16.5 Å². The van der Waals surface area contributed by atoms with Crippen molar-refractivity contribution >= 4 is 33.1 Å². The number of sulfonamides is 1. The summed E-state index contributed by atoms with van der Waals surface area (Å²) in [5.74, 6) is -6.32. The average molecular weight is 640 g/mol. The summed E-state index contributed by atoms with van der Waals surface area (Å²) in [6.07, 6.45) is -0.330. The van der Waals surface area contributed by atoms with Crippen LogP contribution in [0.15, 0.2) is 58.2 Å². The average Bonchev–Trinajstić information content (AvgIpc) is 2.95. The molecule has 45 heavy (non-hydrogen) atoms. The number of hydrogen-bond donors (Lipinski definition) is 6. The Balaban J connectivity index is 1.77. The van der Waals surface area contributed by atoms with Gasteiger partial charge in [0.1, 0.15) is 22.8 Å². The second kappa shape index (κ2) is 11.2. The molecule has 0 aliphatic heterocycles. The molecule has 5 rings (SSSR count). The first-order valence-corrected chi connectivity index (χ1v) is 15.9. The first-order chi connectivity index (χ1) is 21.0. The minimum Gasteiger partial charge on any atom is -0.508 e. The van der Waals surface area contributed by atoms with Crippen molar-refractivity contribution in [2.24, 2.45) is 11.3 Å². The van der Waals surface area contributed by atoms with Crippen LogP contribution in [-0.2, 0) is 37.4 Å². The molecule has 0 radical (unpaired) electrons. The molecular formula is C32H37N3O9S. The number of aliphatic hydroxyl groups excluding tert-OH is 2. The summed E-state index contributed by atoms with van der Waals surface area (Å²) in [5, 5.41) is 49.0. The number of fused-ring (bicyclic) bond motifs is 3. The molecule has 0 spiro atoms. The number of hydrogen-bond acceptors (Lipinski definition) is 11. The number of Topliss-reactive ketones (excluding diaryl/α,β-unsaturated/α-hetero) is 3. The molecule has 0 unspecified atom stereocenters. The maximum atomic E-state index is 14.6. The van der Waals surface area contributed by atoms with E-state index in [9.17, 15) is 43.2 Å². The van der Waals surface area contributed by atoms with Crippen LogP contribution in [-0.4, -0.2) is 90.4 Å². The number of phenols is 1. The Morgan fingerprint density at radius 1 is 1.07 bits per heavy atom. The van der Waals surface area contributed by atoms with Crippen molar-refractivity contribution in [3.05, 3.63) is 75.6 Å². The molecule has 0 amide bonds. The van der Waals surface area contributed by atoms with E-state index in [0.717, 1.165) is 12.5 Å². The lowest BCUT2D eigenvalue weighted by atomic mass is 9.51. The van der Waals surface area contributed by atoms with Gasteiger partial charge in [-0.05, 0) is 77.2 Å². The summed E-state index contributed by atoms with van der Waals surface area (Å²) in [7, 11) is 0.605. The van der Waals surface area contributed by atoms with E-state index < -0.39 is 79.6 Å². The largest absolute Gasteiger partial charge is 0.508 e. The maximum absolute atomic E-state index is 14.6. The Bertz CT molecular complexity index is 1800. The number of carbonyl (C=O) groups excluding carboxylic acids is 3. The standard InChI is InChI=1S/C32H37N3O9S/c1-16-6-9-19(10-7-16)45(43,44)34-15-31-12-20-18(14-33-3)8-11-22(37)24(20)27(38)25(31)30(41)32(42)21(13-31)26(35(4)5)28(39)23(17(2)36)29(32)40/h6-11,21,26,33-34,37-38,40,42H,12-15H2,1-5H3/t21-,26-,31-,32+/m0/s1. The number of aliphatic hydroxyl groups is 3. The third kappa shape index (κ3) is 4.90. The highest BCUT2D eigenvalue weighted by molar-refractivity contribution is 7.89. The molecule has 3 aliphatic rings. The quantitative estimate of drug-likeness (QED) is 0.229. The van der Waals surface area contributed by atoms with Crippen molar-refractivity contribution < 1.29 is 43.2 Å². The predicted octanol–water partition coefficient (Wildman–Crippen LogP) is 1.44. The van der Waals surface area contributed by atoms with Crippen LogP contribution in [0.5, 0.6) is 5.75 Å². The fourth-order valence-electron chi connectivity index (χ4n) is 7.21. The topological polar surface area (TPSA) is 194 Å². The third-order valence-electron chi connectivity index (χ3n) is 9.33. The molecule has 0 saturated heterocycles. The number of aryl methyl sites for hydroxylation is 1. The number of nitrogens with zero attached hydrogens (tertiary/aromatic N) is 1. The van der Waals surface area contributed by atoms with Gasteiger partial charge in [-0.25, -0.2) is 13.1 Å². The first-order valence-electron chi connectivity index (χ1n) is 14.4. The van der Waals surface area contributed by atoms with E-state index in [2.05, 4.69) is 10.0 Å². The highest BCUT2D eigenvalue weighted by Crippen LogP contribution is 2.58. The Morgan fingerprint density at radius 2 is 1.71 bits per heavy atom. The van der Waals surface area contributed by atoms with Crippen LogP contribution in [0.1, 0.15) is 35.6 Å². The SMILES string of the molecule is CNCc1ccc(O)c2c1C[C@@]1(CNS(=O)(=O)c3ccc(C)cc3)C[C@H]3[C@H](N(C)C)C(=O)C(C(C)=O)=C(O)[C@@]3(O)C(=O)C1=C2O. The molecule has 4 atom stereocenters. The summed E-state index contributed by atoms with van der Waals surface area (Å²) in [5.41, 5.74) is -3.60. The van der Waals surface area contributed by atoms with Gasteiger partial charge in [-0.1, -0.05) is 23.8 Å². The Morgan fingerprint density at radius 3 is 2.29 bits per heavy atom. The number of likely N-dealkylation sites (N-methyl/N-ethyl adjacent to an activating group) is 1. The number of phenolic OH excluding ortho intramolecular Hbond substituents is 1. The van der Waals surface area contributed by atoms with E-state index in [0.29, 0.717) is 17.7 Å². The van der Waals surface area contributed by atoms with Crippen LogP contribution in [0.25, 0.3) is 5.76 Å². The van der Waals surface area contributed by atoms with Crippen LogP contribution in [0.2, 0.25) is 0 Å². The molecule has 12 nitrogen and oxygen atoms in total. The summed E-state index contributed by atoms with van der Waals surface area (Å²) >= 11 is 0. The molecule has 6 N–H and O–H groups in total. The van der Waals surface area contributed by atoms with Crippen molar-refractivity contribution in [1.82, 2.24) is 14.9 Å². The van der Waals surface area contributed by atoms with Gasteiger partial charge >= 0.3 is 0 Å². The molecule has 0 bridgehead atoms. The van der Waals surface area contributed by atoms with Gasteiger partial charge in [0.25, 0.3) is 0 Å². The fraction of sp³-hybridized carbons (Fsp3) is 0.406. The summed E-state index contributed by atoms with van der Waals surface area (Å²) in [4.78, 5) is 42.2. The van der Waals surface area contributed by atoms with Crippen LogP contribution >= 0.6 is 0 Å². The fourth-order valence-corrected chi connectivity index (χ4v) is 8.33. The van der Waals surface area contributed by atoms with E-state index >= 15 is 0 Å². The minimum absolute atomic E-state index is 0.0340. The summed E-state index contributed by atoms with van der Waals surface area (Å²) in [6, 6.07) is 7.87. The van der Waals surface area contributed by atoms with Gasteiger partial charge in [0.2, 0.25) is 15.8 Å². The maximum Gasteiger partial charge on any atom is 0.240 e. The Kier molecular flexibility index (Phi) is 8.07. The molecule has 2 aromatic carbocycles. The minimum atomic E-state index is -4.16. The van der Waals surface area contributed by atoms with E-state index in [4.69, 9.17) is 0 Å². The van der Waals surface area contributed by atoms with Gasteiger partial charge < -0.3 is 25.7 Å². The zero-order valence-electron chi connectivity index (χ0n) is 25.6. The number of benzene rings is 2. The van der Waals surface area contributed by atoms with Gasteiger partial charge in [0, 0.05) is 30.0 Å². The van der Waals surface area contributed by atoms with E-state index in [1.807, 2.05) is 6.92 Å². The summed E-state index contributed by atoms with van der Waals surface area (Å²) < 4.78 is 29.6. The van der Waals surface area contributed by atoms with Crippen molar-refractivity contribution in [3.63, 3.8) is 0 Å². The normalized spacial score (nSPS) is 26.6. The van der Waals surface area contributed by atoms with Crippen LogP contribution in [0.3, 0.4) is 0 Å². The Hall–Kier alpha value is -3.88. The third-order valence-corrected chi connectivity index (χ3v) is 10.7. The molecular weight excluding hydrogens is 602 g/mol. The van der Waals surface area contributed by atoms with Gasteiger partial charge in [-0.2, -0.15) is 0 Å². The van der Waals surface area contributed by atoms with Crippen molar-refractivity contribution in [2.75, 3.05) is 27.7 Å². The molecule has 240 valence electrons. The van der Waals surface area contributed by atoms with E-state index in [-0.39, 0.29) is 29.1 Å². The molecule has 13 heteroatoms. The molecule has 0 aromatic heterocycles. The molecule has 2 aromatic rings. The predicted molar refractivity (Wildman–Crippen MR) is 164 cm³/mol. The number of ketones is 3. The van der Waals surface area contributed by atoms with Crippen LogP contribution in [0, 0.1) is 18.3 Å². The highest BCUT2D eigenvalue weighted by atomic mass is 32.2. The number of carbonyl (C=O) groups is 3. The lowest BCUT2D eigenvalue weighted by Crippen LogP contribution is -2.68. The van der Waals surface area contributed by atoms with Gasteiger partial charge in [0.15, 0.2) is 17.2 Å². The highest BCUT2D eigenvalue weighted by Gasteiger charge is 2.67. The molecule has 1 fully saturated rings. The first kappa shape index (κ1) is 32.5. The van der Waals surface area contributed by atoms with Gasteiger partial charge in [-0.3, -0.25) is 19.3 Å². The zero-order chi connectivity index (χ0) is 33.2. The van der Waals surface area contributed by atoms with Crippen LogP contribution < -0.4 is 10.0 Å². The molecule has 1 saturated carbocycles. The van der Waals surface area contributed by atoms with Crippen molar-refractivity contribution in [2.45, 2.75) is 49.8 Å². The van der Waals surface area contributed by atoms with Crippen molar-refractivity contribution in [3.8, 4) is 5.75 Å². The lowest BCUT2D eigenvalue weighted by Gasteiger charge is -2.55. The van der Waals surface area contributed by atoms with Crippen LogP contribution in [0.4, 0.5) is 0 Å². The monoisotopic (exact) mass is 639 g/mol. The second-order valence-electron chi connectivity index (χ2n) is 12.4. The molecule has 0 heterocycles. The van der Waals surface area contributed by atoms with E-state index in [1.54, 1.807) is 25.2 Å². The second-order valence-corrected chi connectivity index (χ2v) is 14.2. The summed E-state index contributed by atoms with van der Waals surface area (Å²) in [6.45, 7) is 2.71. The van der Waals surface area contributed by atoms with Gasteiger partial charge in [-0.15, -0.1) is 0 Å². The van der Waals surface area contributed by atoms with E-state index in [1.165, 1.54) is 37.2 Å². The Labute approximate surface area is 261 Å². The number of rotatable bonds is 8.